The van der Waals surface area contributed by atoms with Gasteiger partial charge in [0.2, 0.25) is 5.91 Å². The fourth-order valence-corrected chi connectivity index (χ4v) is 5.54. The first-order valence-electron chi connectivity index (χ1n) is 10.3. The lowest BCUT2D eigenvalue weighted by Crippen LogP contribution is -2.61. The molecule has 0 spiro atoms. The van der Waals surface area contributed by atoms with Crippen LogP contribution in [0, 0.1) is 5.92 Å². The highest BCUT2D eigenvalue weighted by atomic mass is 35.5. The van der Waals surface area contributed by atoms with Crippen molar-refractivity contribution in [1.29, 1.82) is 0 Å². The molecule has 2 saturated heterocycles. The van der Waals surface area contributed by atoms with E-state index in [1.807, 2.05) is 12.1 Å². The van der Waals surface area contributed by atoms with Gasteiger partial charge in [-0.1, -0.05) is 37.4 Å². The highest BCUT2D eigenvalue weighted by molar-refractivity contribution is 8.02. The third-order valence-electron chi connectivity index (χ3n) is 5.32. The molecule has 0 aromatic heterocycles. The third-order valence-corrected chi connectivity index (χ3v) is 7.28. The third kappa shape index (κ3) is 5.47. The van der Waals surface area contributed by atoms with E-state index < -0.39 is 28.9 Å². The number of rotatable bonds is 11. The minimum Gasteiger partial charge on any atom is -0.491 e. The van der Waals surface area contributed by atoms with Crippen molar-refractivity contribution in [3.05, 3.63) is 55.1 Å². The minimum atomic E-state index is -1.13. The Morgan fingerprint density at radius 2 is 1.91 bits per heavy atom. The zero-order valence-corrected chi connectivity index (χ0v) is 19.8. The van der Waals surface area contributed by atoms with Gasteiger partial charge < -0.3 is 23.8 Å². The van der Waals surface area contributed by atoms with Crippen LogP contribution in [0.1, 0.15) is 12.5 Å². The highest BCUT2D eigenvalue weighted by Gasteiger charge is 2.64. The summed E-state index contributed by atoms with van der Waals surface area (Å²) < 4.78 is 20.2. The largest absolute Gasteiger partial charge is 0.508 e. The van der Waals surface area contributed by atoms with E-state index in [9.17, 15) is 14.4 Å². The molecule has 1 aromatic rings. The van der Waals surface area contributed by atoms with Crippen molar-refractivity contribution in [3.63, 3.8) is 0 Å². The van der Waals surface area contributed by atoms with Gasteiger partial charge in [-0.3, -0.25) is 9.59 Å². The van der Waals surface area contributed by atoms with Gasteiger partial charge in [-0.05, 0) is 24.6 Å². The topological polar surface area (TPSA) is 91.4 Å². The number of ether oxygens (including phenoxy) is 4. The number of nitrogens with zero attached hydrogens (tertiary/aromatic N) is 1. The van der Waals surface area contributed by atoms with Crippen molar-refractivity contribution in [2.75, 3.05) is 26.4 Å². The van der Waals surface area contributed by atoms with Crippen LogP contribution in [-0.4, -0.2) is 65.5 Å². The summed E-state index contributed by atoms with van der Waals surface area (Å²) in [4.78, 5) is 39.2. The summed E-state index contributed by atoms with van der Waals surface area (Å²) in [7, 11) is 0. The van der Waals surface area contributed by atoms with E-state index in [0.717, 1.165) is 5.56 Å². The van der Waals surface area contributed by atoms with E-state index in [1.54, 1.807) is 24.0 Å². The average molecular weight is 496 g/mol. The minimum absolute atomic E-state index is 0.00250. The number of β-lactam (4-membered cyclic amide) rings is 1. The summed E-state index contributed by atoms with van der Waals surface area (Å²) >= 11 is 7.11. The van der Waals surface area contributed by atoms with Gasteiger partial charge in [-0.25, -0.2) is 4.79 Å². The fraction of sp³-hybridized carbons (Fsp3) is 0.435. The molecule has 3 rings (SSSR count). The summed E-state index contributed by atoms with van der Waals surface area (Å²) in [6.07, 6.45) is 1.29. The number of carbonyl (C=O) groups excluding carboxylic acids is 3. The smallest absolute Gasteiger partial charge is 0.491 e. The predicted octanol–water partition coefficient (Wildman–Crippen LogP) is 3.53. The van der Waals surface area contributed by atoms with Gasteiger partial charge in [0.15, 0.2) is 4.75 Å². The van der Waals surface area contributed by atoms with Crippen LogP contribution in [0.15, 0.2) is 49.6 Å². The first-order chi connectivity index (χ1) is 15.8. The molecule has 4 atom stereocenters. The summed E-state index contributed by atoms with van der Waals surface area (Å²) in [5.74, 6) is -0.358. The molecular formula is C23H26ClNO7S. The van der Waals surface area contributed by atoms with E-state index >= 15 is 0 Å². The van der Waals surface area contributed by atoms with Crippen LogP contribution >= 0.6 is 23.4 Å². The molecule has 0 aliphatic carbocycles. The Morgan fingerprint density at radius 1 is 1.24 bits per heavy atom. The van der Waals surface area contributed by atoms with Crippen molar-refractivity contribution in [2.24, 2.45) is 5.92 Å². The fourth-order valence-electron chi connectivity index (χ4n) is 3.61. The number of esters is 1. The summed E-state index contributed by atoms with van der Waals surface area (Å²) in [6.45, 7) is 8.84. The molecule has 0 N–H and O–H groups in total. The number of amides is 1. The van der Waals surface area contributed by atoms with Crippen LogP contribution < -0.4 is 4.74 Å². The van der Waals surface area contributed by atoms with E-state index in [0.29, 0.717) is 11.6 Å². The second-order valence-electron chi connectivity index (χ2n) is 7.62. The summed E-state index contributed by atoms with van der Waals surface area (Å²) in [5.41, 5.74) is 0.942. The Kier molecular flexibility index (Phi) is 8.31. The molecule has 0 radical (unpaired) electrons. The van der Waals surface area contributed by atoms with Gasteiger partial charge in [-0.2, -0.15) is 0 Å². The second kappa shape index (κ2) is 11.0. The van der Waals surface area contributed by atoms with Gasteiger partial charge in [-0.15, -0.1) is 23.4 Å². The molecule has 2 fully saturated rings. The lowest BCUT2D eigenvalue weighted by atomic mass is 9.92. The van der Waals surface area contributed by atoms with Crippen LogP contribution in [0.25, 0.3) is 0 Å². The van der Waals surface area contributed by atoms with E-state index in [1.165, 1.54) is 23.9 Å². The molecule has 1 unspecified atom stereocenters. The number of carbonyl (C=O) groups is 3. The second-order valence-corrected chi connectivity index (χ2v) is 9.39. The summed E-state index contributed by atoms with van der Waals surface area (Å²) in [5, 5.41) is -0.363. The van der Waals surface area contributed by atoms with Gasteiger partial charge in [0.1, 0.15) is 37.6 Å². The zero-order chi connectivity index (χ0) is 24.0. The molecule has 2 aliphatic heterocycles. The molecule has 8 nitrogen and oxygen atoms in total. The van der Waals surface area contributed by atoms with E-state index in [4.69, 9.17) is 30.5 Å². The zero-order valence-electron chi connectivity index (χ0n) is 18.2. The Hall–Kier alpha value is -2.65. The van der Waals surface area contributed by atoms with Gasteiger partial charge in [0.05, 0.1) is 11.9 Å². The number of fused-ring (bicyclic) bond motifs is 1. The molecule has 10 heteroatoms. The monoisotopic (exact) mass is 495 g/mol. The number of halogens is 1. The van der Waals surface area contributed by atoms with Crippen molar-refractivity contribution in [3.8, 4) is 5.75 Å². The average Bonchev–Trinajstić information content (AvgIpc) is 3.15. The van der Waals surface area contributed by atoms with Crippen molar-refractivity contribution in [1.82, 2.24) is 4.90 Å². The number of benzene rings is 1. The molecule has 1 amide bonds. The number of alkyl halides is 1. The van der Waals surface area contributed by atoms with E-state index in [2.05, 4.69) is 13.2 Å². The van der Waals surface area contributed by atoms with Crippen LogP contribution in [0.4, 0.5) is 4.79 Å². The highest BCUT2D eigenvalue weighted by Crippen LogP contribution is 2.51. The van der Waals surface area contributed by atoms with Crippen LogP contribution in [0.3, 0.4) is 0 Å². The first-order valence-corrected chi connectivity index (χ1v) is 11.7. The molecule has 0 bridgehead atoms. The molecule has 178 valence electrons. The molecule has 33 heavy (non-hydrogen) atoms. The van der Waals surface area contributed by atoms with Crippen molar-refractivity contribution in [2.45, 2.75) is 29.0 Å². The summed E-state index contributed by atoms with van der Waals surface area (Å²) in [6, 6.07) is 7.22. The molecule has 2 heterocycles. The standard InChI is InChI=1S/C23H26ClNO7S/c1-4-10-29-21(27)23(14-31-17-8-6-16(12-24)7-9-17)13-25-19(26)18(20(25)33-23)15(3)32-22(28)30-11-5-2/h4-9,15,18,20H,1-2,10-14H2,3H3/t15-,18+,20-,23?/m1/s1. The number of thioether (sulfide) groups is 1. The molecular weight excluding hydrogens is 470 g/mol. The van der Waals surface area contributed by atoms with Crippen LogP contribution in [-0.2, 0) is 29.7 Å². The maximum atomic E-state index is 13.0. The molecule has 1 aromatic carbocycles. The maximum absolute atomic E-state index is 13.0. The quantitative estimate of drug-likeness (QED) is 0.199. The van der Waals surface area contributed by atoms with Gasteiger partial charge >= 0.3 is 12.1 Å². The normalized spacial score (nSPS) is 24.2. The van der Waals surface area contributed by atoms with Crippen molar-refractivity contribution >= 4 is 41.4 Å². The Labute approximate surface area is 201 Å². The predicted molar refractivity (Wildman–Crippen MR) is 124 cm³/mol. The number of hydrogen-bond donors (Lipinski definition) is 0. The maximum Gasteiger partial charge on any atom is 0.508 e. The molecule has 0 saturated carbocycles. The Morgan fingerprint density at radius 3 is 2.55 bits per heavy atom. The van der Waals surface area contributed by atoms with Crippen LogP contribution in [0.2, 0.25) is 0 Å². The SMILES string of the molecule is C=CCOC(=O)O[C@H](C)[C@H]1C(=O)N2CC(COc3ccc(CCl)cc3)(C(=O)OCC=C)S[C@H]12. The van der Waals surface area contributed by atoms with Crippen molar-refractivity contribution < 1.29 is 33.3 Å². The molecule has 2 aliphatic rings. The van der Waals surface area contributed by atoms with Crippen LogP contribution in [0.5, 0.6) is 5.75 Å². The Bertz CT molecular complexity index is 909. The lowest BCUT2D eigenvalue weighted by Gasteiger charge is -2.43. The van der Waals surface area contributed by atoms with Gasteiger partial charge in [0.25, 0.3) is 0 Å². The number of hydrogen-bond acceptors (Lipinski definition) is 8. The van der Waals surface area contributed by atoms with Gasteiger partial charge in [0, 0.05) is 5.88 Å². The first kappa shape index (κ1) is 25.0. The lowest BCUT2D eigenvalue weighted by molar-refractivity contribution is -0.158. The Balaban J connectivity index is 1.71. The van der Waals surface area contributed by atoms with E-state index in [-0.39, 0.29) is 37.6 Å².